The lowest BCUT2D eigenvalue weighted by Crippen LogP contribution is -2.10. The number of rotatable bonds is 9. The van der Waals surface area contributed by atoms with E-state index < -0.39 is 35.8 Å². The Balaban J connectivity index is 2.20. The van der Waals surface area contributed by atoms with Crippen molar-refractivity contribution in [1.82, 2.24) is 0 Å². The Hall–Kier alpha value is -6.30. The Labute approximate surface area is 254 Å². The van der Waals surface area contributed by atoms with Gasteiger partial charge in [0, 0.05) is 0 Å². The zero-order valence-corrected chi connectivity index (χ0v) is 23.8. The Kier molecular flexibility index (Phi) is 8.27. The Morgan fingerprint density at radius 3 is 0.778 bits per heavy atom. The Morgan fingerprint density at radius 2 is 0.600 bits per heavy atom. The molecule has 12 nitrogen and oxygen atoms in total. The molecule has 0 saturated heterocycles. The standard InChI is InChI=1S/C33H24O12/c1-13-19(28(34)35)4-7-22(25(13)31(40)41)16-10-17(23-8-5-20(29(36)37)14(2)26(23)32(42)43)12-18(11-16)24-9-6-21(30(38)39)15(3)27(24)33(44)45/h4-12H,1-3H3,(H,34,35)(H,36,37)(H,38,39)(H,40,41)(H,42,43)(H,44,45). The molecule has 0 bridgehead atoms. The predicted octanol–water partition coefficient (Wildman–Crippen LogP) is 5.80. The first kappa shape index (κ1) is 31.6. The van der Waals surface area contributed by atoms with Gasteiger partial charge in [-0.1, -0.05) is 18.2 Å². The number of carboxylic acids is 6. The van der Waals surface area contributed by atoms with Gasteiger partial charge in [-0.2, -0.15) is 0 Å². The van der Waals surface area contributed by atoms with Crippen LogP contribution < -0.4 is 0 Å². The average Bonchev–Trinajstić information content (AvgIpc) is 2.95. The summed E-state index contributed by atoms with van der Waals surface area (Å²) in [6.45, 7) is 3.94. The second kappa shape index (κ2) is 11.8. The van der Waals surface area contributed by atoms with Crippen molar-refractivity contribution in [2.45, 2.75) is 20.8 Å². The molecule has 228 valence electrons. The second-order valence-corrected chi connectivity index (χ2v) is 10.1. The molecule has 0 unspecified atom stereocenters. The molecule has 4 aromatic rings. The summed E-state index contributed by atoms with van der Waals surface area (Å²) in [5, 5.41) is 59.0. The summed E-state index contributed by atoms with van der Waals surface area (Å²) in [5.74, 6) is -8.47. The van der Waals surface area contributed by atoms with Crippen molar-refractivity contribution >= 4 is 35.8 Å². The highest BCUT2D eigenvalue weighted by molar-refractivity contribution is 6.06. The predicted molar refractivity (Wildman–Crippen MR) is 159 cm³/mol. The highest BCUT2D eigenvalue weighted by Crippen LogP contribution is 2.39. The van der Waals surface area contributed by atoms with Crippen LogP contribution in [0.25, 0.3) is 33.4 Å². The van der Waals surface area contributed by atoms with Crippen LogP contribution in [0.3, 0.4) is 0 Å². The molecule has 0 fully saturated rings. The maximum Gasteiger partial charge on any atom is 0.336 e. The first-order valence-corrected chi connectivity index (χ1v) is 13.0. The van der Waals surface area contributed by atoms with Gasteiger partial charge < -0.3 is 30.6 Å². The van der Waals surface area contributed by atoms with Gasteiger partial charge in [-0.25, -0.2) is 28.8 Å². The molecule has 0 aliphatic carbocycles. The summed E-state index contributed by atoms with van der Waals surface area (Å²) in [6.07, 6.45) is 0. The quantitative estimate of drug-likeness (QED) is 0.132. The maximum atomic E-state index is 12.4. The van der Waals surface area contributed by atoms with Gasteiger partial charge in [0.2, 0.25) is 0 Å². The van der Waals surface area contributed by atoms with E-state index in [2.05, 4.69) is 0 Å². The second-order valence-electron chi connectivity index (χ2n) is 10.1. The highest BCUT2D eigenvalue weighted by Gasteiger charge is 2.26. The van der Waals surface area contributed by atoms with Crippen molar-refractivity contribution < 1.29 is 59.4 Å². The molecule has 6 N–H and O–H groups in total. The van der Waals surface area contributed by atoms with E-state index in [0.717, 1.165) is 0 Å². The molecule has 0 radical (unpaired) electrons. The molecular formula is C33H24O12. The third kappa shape index (κ3) is 5.59. The number of benzene rings is 4. The van der Waals surface area contributed by atoms with Crippen LogP contribution in [0.5, 0.6) is 0 Å². The van der Waals surface area contributed by atoms with Gasteiger partial charge in [0.25, 0.3) is 0 Å². The number of carbonyl (C=O) groups is 6. The van der Waals surface area contributed by atoms with E-state index in [1.807, 2.05) is 0 Å². The minimum Gasteiger partial charge on any atom is -0.478 e. The van der Waals surface area contributed by atoms with Gasteiger partial charge in [0.15, 0.2) is 0 Å². The maximum absolute atomic E-state index is 12.4. The van der Waals surface area contributed by atoms with E-state index in [0.29, 0.717) is 0 Å². The molecule has 0 aromatic heterocycles. The van der Waals surface area contributed by atoms with Crippen LogP contribution in [0.2, 0.25) is 0 Å². The van der Waals surface area contributed by atoms with Crippen molar-refractivity contribution in [2.24, 2.45) is 0 Å². The van der Waals surface area contributed by atoms with E-state index in [-0.39, 0.29) is 83.5 Å². The van der Waals surface area contributed by atoms with Crippen LogP contribution in [0.15, 0.2) is 54.6 Å². The first-order valence-electron chi connectivity index (χ1n) is 13.0. The summed E-state index contributed by atoms with van der Waals surface area (Å²) in [5.41, 5.74) is -1.65. The fourth-order valence-electron chi connectivity index (χ4n) is 5.47. The monoisotopic (exact) mass is 612 g/mol. The van der Waals surface area contributed by atoms with E-state index in [1.54, 1.807) is 0 Å². The van der Waals surface area contributed by atoms with Crippen LogP contribution in [0.4, 0.5) is 0 Å². The lowest BCUT2D eigenvalue weighted by atomic mass is 9.85. The average molecular weight is 613 g/mol. The summed E-state index contributed by atoms with van der Waals surface area (Å²) >= 11 is 0. The third-order valence-corrected chi connectivity index (χ3v) is 7.59. The Bertz CT molecular complexity index is 1760. The molecule has 0 aliphatic rings. The van der Waals surface area contributed by atoms with E-state index in [9.17, 15) is 59.4 Å². The van der Waals surface area contributed by atoms with Gasteiger partial charge in [0.05, 0.1) is 33.4 Å². The number of carboxylic acid groups (broad SMARTS) is 6. The molecule has 0 atom stereocenters. The minimum absolute atomic E-state index is 0.0274. The van der Waals surface area contributed by atoms with Gasteiger partial charge >= 0.3 is 35.8 Å². The molecule has 12 heteroatoms. The van der Waals surface area contributed by atoms with E-state index in [4.69, 9.17) is 0 Å². The molecular weight excluding hydrogens is 588 g/mol. The van der Waals surface area contributed by atoms with Crippen LogP contribution in [-0.4, -0.2) is 66.5 Å². The topological polar surface area (TPSA) is 224 Å². The SMILES string of the molecule is Cc1c(C(=O)O)ccc(-c2cc(-c3ccc(C(=O)O)c(C)c3C(=O)O)cc(-c3ccc(C(=O)O)c(C)c3C(=O)O)c2)c1C(=O)O. The Morgan fingerprint density at radius 1 is 0.378 bits per heavy atom. The molecule has 0 amide bonds. The van der Waals surface area contributed by atoms with Gasteiger partial charge in [0.1, 0.15) is 0 Å². The molecule has 0 heterocycles. The summed E-state index contributed by atoms with van der Waals surface area (Å²) in [4.78, 5) is 72.5. The smallest absolute Gasteiger partial charge is 0.336 e. The molecule has 45 heavy (non-hydrogen) atoms. The van der Waals surface area contributed by atoms with E-state index in [1.165, 1.54) is 75.4 Å². The summed E-state index contributed by atoms with van der Waals surface area (Å²) in [7, 11) is 0. The summed E-state index contributed by atoms with van der Waals surface area (Å²) in [6, 6.07) is 11.7. The molecule has 4 aromatic carbocycles. The fraction of sp³-hybridized carbons (Fsp3) is 0.0909. The number of aromatic carboxylic acids is 6. The van der Waals surface area contributed by atoms with E-state index >= 15 is 0 Å². The van der Waals surface area contributed by atoms with Crippen molar-refractivity contribution in [3.8, 4) is 33.4 Å². The molecule has 0 spiro atoms. The lowest BCUT2D eigenvalue weighted by molar-refractivity contribution is 0.0675. The molecule has 0 saturated carbocycles. The summed E-state index contributed by atoms with van der Waals surface area (Å²) < 4.78 is 0. The lowest BCUT2D eigenvalue weighted by Gasteiger charge is -2.18. The van der Waals surface area contributed by atoms with Crippen LogP contribution in [0.1, 0.15) is 78.8 Å². The zero-order valence-electron chi connectivity index (χ0n) is 23.8. The van der Waals surface area contributed by atoms with Gasteiger partial charge in [-0.15, -0.1) is 0 Å². The van der Waals surface area contributed by atoms with Crippen molar-refractivity contribution in [3.63, 3.8) is 0 Å². The zero-order chi connectivity index (χ0) is 33.5. The van der Waals surface area contributed by atoms with Crippen molar-refractivity contribution in [2.75, 3.05) is 0 Å². The highest BCUT2D eigenvalue weighted by atomic mass is 16.4. The molecule has 4 rings (SSSR count). The van der Waals surface area contributed by atoms with Crippen LogP contribution >= 0.6 is 0 Å². The van der Waals surface area contributed by atoms with Crippen molar-refractivity contribution in [3.05, 3.63) is 105 Å². The third-order valence-electron chi connectivity index (χ3n) is 7.59. The van der Waals surface area contributed by atoms with Crippen LogP contribution in [0, 0.1) is 20.8 Å². The normalized spacial score (nSPS) is 10.7. The van der Waals surface area contributed by atoms with Gasteiger partial charge in [-0.05, 0) is 107 Å². The number of hydrogen-bond acceptors (Lipinski definition) is 6. The van der Waals surface area contributed by atoms with Gasteiger partial charge in [-0.3, -0.25) is 0 Å². The number of hydrogen-bond donors (Lipinski definition) is 6. The molecule has 0 aliphatic heterocycles. The van der Waals surface area contributed by atoms with Crippen molar-refractivity contribution in [1.29, 1.82) is 0 Å². The largest absolute Gasteiger partial charge is 0.478 e. The minimum atomic E-state index is -1.46. The van der Waals surface area contributed by atoms with Crippen LogP contribution in [-0.2, 0) is 0 Å². The first-order chi connectivity index (χ1) is 21.1. The fourth-order valence-corrected chi connectivity index (χ4v) is 5.47.